The first-order chi connectivity index (χ1) is 10.5. The lowest BCUT2D eigenvalue weighted by Gasteiger charge is -2.10. The fraction of sp³-hybridized carbons (Fsp3) is 0.154. The van der Waals surface area contributed by atoms with Gasteiger partial charge >= 0.3 is 6.03 Å². The van der Waals surface area contributed by atoms with Crippen LogP contribution in [0.2, 0.25) is 0 Å². The minimum atomic E-state index is -1.04. The molecule has 116 valence electrons. The number of nitrogens with zero attached hydrogens (tertiary/aromatic N) is 2. The zero-order valence-corrected chi connectivity index (χ0v) is 11.7. The number of rotatable bonds is 4. The van der Waals surface area contributed by atoms with Crippen LogP contribution < -0.4 is 21.7 Å². The van der Waals surface area contributed by atoms with E-state index >= 15 is 0 Å². The maximum atomic E-state index is 13.7. The molecule has 0 aliphatic heterocycles. The molecular weight excluding hydrogens is 294 g/mol. The van der Waals surface area contributed by atoms with Crippen LogP contribution in [0.15, 0.2) is 24.5 Å². The zero-order valence-electron chi connectivity index (χ0n) is 11.7. The molecule has 1 aromatic heterocycles. The molecule has 0 saturated heterocycles. The third kappa shape index (κ3) is 3.57. The highest BCUT2D eigenvalue weighted by atomic mass is 19.1. The summed E-state index contributed by atoms with van der Waals surface area (Å²) in [5, 5.41) is 7.34. The molecule has 1 aromatic carbocycles. The predicted octanol–water partition coefficient (Wildman–Crippen LogP) is 2.41. The van der Waals surface area contributed by atoms with Crippen molar-refractivity contribution < 1.29 is 13.6 Å². The van der Waals surface area contributed by atoms with Gasteiger partial charge in [0.1, 0.15) is 29.5 Å². The van der Waals surface area contributed by atoms with E-state index in [9.17, 15) is 13.6 Å². The van der Waals surface area contributed by atoms with Crippen molar-refractivity contribution in [3.05, 3.63) is 36.2 Å². The standard InChI is InChI=1S/C13H14F2N6O/c1-2-17-9-5-10(19-6-18-9)20-13(22)21-12-7(14)3-4-8(16)11(12)15/h3-6H,2,16H2,1H3,(H3,17,18,19,20,21,22). The van der Waals surface area contributed by atoms with Gasteiger partial charge in [-0.25, -0.2) is 23.5 Å². The summed E-state index contributed by atoms with van der Waals surface area (Å²) in [4.78, 5) is 19.5. The van der Waals surface area contributed by atoms with Gasteiger partial charge in [-0.2, -0.15) is 0 Å². The summed E-state index contributed by atoms with van der Waals surface area (Å²) in [6, 6.07) is 2.66. The smallest absolute Gasteiger partial charge is 0.325 e. The van der Waals surface area contributed by atoms with Gasteiger partial charge in [0.15, 0.2) is 5.82 Å². The van der Waals surface area contributed by atoms with Crippen LogP contribution in [0.1, 0.15) is 6.92 Å². The summed E-state index contributed by atoms with van der Waals surface area (Å²) >= 11 is 0. The number of anilines is 4. The van der Waals surface area contributed by atoms with Crippen LogP contribution in [-0.4, -0.2) is 22.5 Å². The Kier molecular flexibility index (Phi) is 4.66. The number of hydrogen-bond acceptors (Lipinski definition) is 5. The number of halogens is 2. The second-order valence-corrected chi connectivity index (χ2v) is 4.22. The van der Waals surface area contributed by atoms with E-state index in [1.165, 1.54) is 12.4 Å². The zero-order chi connectivity index (χ0) is 16.1. The molecule has 0 fully saturated rings. The Hall–Kier alpha value is -2.97. The van der Waals surface area contributed by atoms with Gasteiger partial charge in [0.2, 0.25) is 0 Å². The maximum absolute atomic E-state index is 13.7. The van der Waals surface area contributed by atoms with Crippen LogP contribution >= 0.6 is 0 Å². The van der Waals surface area contributed by atoms with E-state index in [1.54, 1.807) is 0 Å². The Morgan fingerprint density at radius 3 is 2.68 bits per heavy atom. The lowest BCUT2D eigenvalue weighted by atomic mass is 10.2. The van der Waals surface area contributed by atoms with E-state index < -0.39 is 23.4 Å². The number of carbonyl (C=O) groups is 1. The molecule has 0 saturated carbocycles. The molecule has 9 heteroatoms. The molecule has 2 aromatic rings. The van der Waals surface area contributed by atoms with Crippen LogP contribution in [0, 0.1) is 11.6 Å². The van der Waals surface area contributed by atoms with Crippen LogP contribution in [-0.2, 0) is 0 Å². The highest BCUT2D eigenvalue weighted by molar-refractivity contribution is 5.99. The average molecular weight is 308 g/mol. The van der Waals surface area contributed by atoms with Crippen molar-refractivity contribution in [2.75, 3.05) is 28.2 Å². The van der Waals surface area contributed by atoms with Crippen molar-refractivity contribution in [3.63, 3.8) is 0 Å². The molecule has 7 nitrogen and oxygen atoms in total. The van der Waals surface area contributed by atoms with Crippen molar-refractivity contribution in [2.24, 2.45) is 0 Å². The second kappa shape index (κ2) is 6.66. The Labute approximate surface area is 125 Å². The van der Waals surface area contributed by atoms with Crippen molar-refractivity contribution in [3.8, 4) is 0 Å². The van der Waals surface area contributed by atoms with E-state index in [-0.39, 0.29) is 11.5 Å². The number of aromatic nitrogens is 2. The van der Waals surface area contributed by atoms with Crippen molar-refractivity contribution >= 4 is 29.0 Å². The number of nitrogens with one attached hydrogen (secondary N) is 3. The third-order valence-corrected chi connectivity index (χ3v) is 2.63. The van der Waals surface area contributed by atoms with Crippen LogP contribution in [0.5, 0.6) is 0 Å². The topological polar surface area (TPSA) is 105 Å². The van der Waals surface area contributed by atoms with Gasteiger partial charge in [0, 0.05) is 12.6 Å². The van der Waals surface area contributed by atoms with Gasteiger partial charge in [-0.3, -0.25) is 5.32 Å². The molecule has 5 N–H and O–H groups in total. The van der Waals surface area contributed by atoms with Crippen LogP contribution in [0.3, 0.4) is 0 Å². The van der Waals surface area contributed by atoms with E-state index in [0.29, 0.717) is 12.4 Å². The number of amides is 2. The first-order valence-corrected chi connectivity index (χ1v) is 6.38. The molecule has 0 spiro atoms. The molecule has 0 bridgehead atoms. The maximum Gasteiger partial charge on any atom is 0.325 e. The normalized spacial score (nSPS) is 10.1. The van der Waals surface area contributed by atoms with Gasteiger partial charge in [0.05, 0.1) is 5.69 Å². The third-order valence-electron chi connectivity index (χ3n) is 2.63. The molecule has 1 heterocycles. The Morgan fingerprint density at radius 2 is 1.95 bits per heavy atom. The molecule has 0 radical (unpaired) electrons. The minimum Gasteiger partial charge on any atom is -0.396 e. The quantitative estimate of drug-likeness (QED) is 0.649. The second-order valence-electron chi connectivity index (χ2n) is 4.22. The van der Waals surface area contributed by atoms with Gasteiger partial charge < -0.3 is 16.4 Å². The number of nitrogen functional groups attached to an aromatic ring is 1. The highest BCUT2D eigenvalue weighted by Gasteiger charge is 2.15. The summed E-state index contributed by atoms with van der Waals surface area (Å²) in [6.45, 7) is 2.52. The van der Waals surface area contributed by atoms with E-state index in [1.807, 2.05) is 6.92 Å². The van der Waals surface area contributed by atoms with Gasteiger partial charge in [-0.1, -0.05) is 0 Å². The molecule has 0 aliphatic carbocycles. The van der Waals surface area contributed by atoms with Crippen LogP contribution in [0.25, 0.3) is 0 Å². The van der Waals surface area contributed by atoms with Crippen molar-refractivity contribution in [1.82, 2.24) is 9.97 Å². The van der Waals surface area contributed by atoms with Gasteiger partial charge in [-0.15, -0.1) is 0 Å². The fourth-order valence-corrected chi connectivity index (χ4v) is 1.65. The van der Waals surface area contributed by atoms with E-state index in [0.717, 1.165) is 12.1 Å². The lowest BCUT2D eigenvalue weighted by molar-refractivity contribution is 0.262. The molecule has 0 unspecified atom stereocenters. The number of urea groups is 1. The molecule has 0 atom stereocenters. The van der Waals surface area contributed by atoms with Crippen molar-refractivity contribution in [2.45, 2.75) is 6.92 Å². The Bertz CT molecular complexity index is 694. The Morgan fingerprint density at radius 1 is 1.23 bits per heavy atom. The monoisotopic (exact) mass is 308 g/mol. The summed E-state index contributed by atoms with van der Waals surface area (Å²) in [7, 11) is 0. The van der Waals surface area contributed by atoms with Gasteiger partial charge in [-0.05, 0) is 19.1 Å². The summed E-state index contributed by atoms with van der Waals surface area (Å²) < 4.78 is 27.2. The van der Waals surface area contributed by atoms with E-state index in [2.05, 4.69) is 25.9 Å². The Balaban J connectivity index is 2.11. The number of benzene rings is 1. The molecule has 2 amide bonds. The summed E-state index contributed by atoms with van der Waals surface area (Å²) in [5.41, 5.74) is 4.43. The average Bonchev–Trinajstić information content (AvgIpc) is 2.48. The van der Waals surface area contributed by atoms with Crippen molar-refractivity contribution in [1.29, 1.82) is 0 Å². The molecule has 2 rings (SSSR count). The number of nitrogens with two attached hydrogens (primary N) is 1. The molecule has 0 aliphatic rings. The highest BCUT2D eigenvalue weighted by Crippen LogP contribution is 2.23. The molecular formula is C13H14F2N6O. The minimum absolute atomic E-state index is 0.174. The largest absolute Gasteiger partial charge is 0.396 e. The lowest BCUT2D eigenvalue weighted by Crippen LogP contribution is -2.22. The first kappa shape index (κ1) is 15.4. The summed E-state index contributed by atoms with van der Waals surface area (Å²) in [6.07, 6.45) is 1.25. The van der Waals surface area contributed by atoms with Gasteiger partial charge in [0.25, 0.3) is 0 Å². The van der Waals surface area contributed by atoms with E-state index in [4.69, 9.17) is 5.73 Å². The SMILES string of the molecule is CCNc1cc(NC(=O)Nc2c(F)ccc(N)c2F)ncn1. The van der Waals surface area contributed by atoms with Crippen LogP contribution in [0.4, 0.5) is 36.6 Å². The fourth-order valence-electron chi connectivity index (χ4n) is 1.65. The first-order valence-electron chi connectivity index (χ1n) is 6.38. The predicted molar refractivity (Wildman–Crippen MR) is 79.6 cm³/mol. The number of hydrogen-bond donors (Lipinski definition) is 4. The number of carbonyl (C=O) groups excluding carboxylic acids is 1. The molecule has 22 heavy (non-hydrogen) atoms. The summed E-state index contributed by atoms with van der Waals surface area (Å²) in [5.74, 6) is -1.29.